The van der Waals surface area contributed by atoms with Gasteiger partial charge in [-0.3, -0.25) is 0 Å². The number of carbonyl (C=O) groups is 2. The number of halogens is 1. The van der Waals surface area contributed by atoms with E-state index in [0.717, 1.165) is 6.42 Å². The Labute approximate surface area is 152 Å². The lowest BCUT2D eigenvalue weighted by atomic mass is 10.2. The van der Waals surface area contributed by atoms with Crippen LogP contribution in [-0.4, -0.2) is 48.4 Å². The summed E-state index contributed by atoms with van der Waals surface area (Å²) in [5, 5.41) is 3.11. The maximum absolute atomic E-state index is 11.9. The lowest BCUT2D eigenvalue weighted by Gasteiger charge is -2.22. The predicted octanol–water partition coefficient (Wildman–Crippen LogP) is 3.02. The maximum Gasteiger partial charge on any atom is 0.407 e. The lowest BCUT2D eigenvalue weighted by Crippen LogP contribution is -2.40. The highest BCUT2D eigenvalue weighted by Crippen LogP contribution is 2.30. The van der Waals surface area contributed by atoms with Crippen molar-refractivity contribution in [2.24, 2.45) is 0 Å². The Bertz CT molecular complexity index is 645. The van der Waals surface area contributed by atoms with E-state index in [1.54, 1.807) is 6.92 Å². The Hall–Kier alpha value is -2.02. The van der Waals surface area contributed by atoms with Gasteiger partial charge >= 0.3 is 12.1 Å². The van der Waals surface area contributed by atoms with E-state index < -0.39 is 17.7 Å². The number of alkyl carbamates (subject to hydrolysis) is 1. The largest absolute Gasteiger partial charge is 0.462 e. The van der Waals surface area contributed by atoms with Crippen LogP contribution in [0.1, 0.15) is 44.5 Å². The van der Waals surface area contributed by atoms with Gasteiger partial charge in [0.15, 0.2) is 0 Å². The summed E-state index contributed by atoms with van der Waals surface area (Å²) in [4.78, 5) is 30.1. The monoisotopic (exact) mass is 369 g/mol. The van der Waals surface area contributed by atoms with Gasteiger partial charge in [0, 0.05) is 19.3 Å². The molecule has 0 bridgehead atoms. The van der Waals surface area contributed by atoms with Gasteiger partial charge in [0.1, 0.15) is 11.4 Å². The van der Waals surface area contributed by atoms with Gasteiger partial charge in [-0.1, -0.05) is 11.6 Å². The summed E-state index contributed by atoms with van der Waals surface area (Å²) in [5.74, 6) is 0.0412. The average molecular weight is 370 g/mol. The predicted molar refractivity (Wildman–Crippen MR) is 95.2 cm³/mol. The number of hydrogen-bond acceptors (Lipinski definition) is 6. The third-order valence-electron chi connectivity index (χ3n) is 3.57. The number of aromatic nitrogens is 1. The number of hydrogen-bond donors (Lipinski definition) is 1. The molecule has 1 atom stereocenters. The molecule has 8 heteroatoms. The number of anilines is 1. The van der Waals surface area contributed by atoms with Gasteiger partial charge in [-0.2, -0.15) is 0 Å². The Kier molecular flexibility index (Phi) is 6.11. The number of esters is 1. The number of rotatable bonds is 4. The highest BCUT2D eigenvalue weighted by molar-refractivity contribution is 6.35. The molecular formula is C17H24ClN3O4. The minimum Gasteiger partial charge on any atom is -0.462 e. The van der Waals surface area contributed by atoms with Gasteiger partial charge in [0.25, 0.3) is 0 Å². The van der Waals surface area contributed by atoms with E-state index in [-0.39, 0.29) is 23.2 Å². The zero-order valence-corrected chi connectivity index (χ0v) is 15.7. The molecule has 2 rings (SSSR count). The number of carbonyl (C=O) groups excluding carboxylic acids is 2. The van der Waals surface area contributed by atoms with Crippen LogP contribution in [0.5, 0.6) is 0 Å². The van der Waals surface area contributed by atoms with E-state index in [0.29, 0.717) is 18.9 Å². The topological polar surface area (TPSA) is 80.8 Å². The normalized spacial score (nSPS) is 17.3. The Balaban J connectivity index is 2.03. The minimum absolute atomic E-state index is 0.0704. The lowest BCUT2D eigenvalue weighted by molar-refractivity contribution is 0.0504. The van der Waals surface area contributed by atoms with Crippen molar-refractivity contribution in [3.8, 4) is 0 Å². The summed E-state index contributed by atoms with van der Waals surface area (Å²) in [5.41, 5.74) is -0.252. The van der Waals surface area contributed by atoms with E-state index in [4.69, 9.17) is 21.1 Å². The molecule has 1 saturated heterocycles. The molecule has 1 aliphatic rings. The van der Waals surface area contributed by atoms with Gasteiger partial charge in [-0.25, -0.2) is 14.6 Å². The highest BCUT2D eigenvalue weighted by Gasteiger charge is 2.29. The summed E-state index contributed by atoms with van der Waals surface area (Å²) in [7, 11) is 0. The van der Waals surface area contributed by atoms with Crippen LogP contribution in [0.15, 0.2) is 12.3 Å². The smallest absolute Gasteiger partial charge is 0.407 e. The molecular weight excluding hydrogens is 346 g/mol. The molecule has 7 nitrogen and oxygen atoms in total. The standard InChI is InChI=1S/C17H24ClN3O4/c1-5-24-15(22)12-6-8-19-14(13(12)18)21-9-7-11(10-21)20-16(23)25-17(2,3)4/h6,8,11H,5,7,9-10H2,1-4H3,(H,20,23)/t11-/m0/s1. The third-order valence-corrected chi connectivity index (χ3v) is 3.95. The molecule has 1 fully saturated rings. The fourth-order valence-corrected chi connectivity index (χ4v) is 2.87. The minimum atomic E-state index is -0.540. The zero-order chi connectivity index (χ0) is 18.6. The van der Waals surface area contributed by atoms with Gasteiger partial charge in [0.05, 0.1) is 23.2 Å². The number of nitrogens with one attached hydrogen (secondary N) is 1. The molecule has 1 aliphatic heterocycles. The molecule has 25 heavy (non-hydrogen) atoms. The van der Waals surface area contributed by atoms with Crippen LogP contribution in [0.3, 0.4) is 0 Å². The molecule has 0 aromatic carbocycles. The van der Waals surface area contributed by atoms with Crippen molar-refractivity contribution in [3.05, 3.63) is 22.8 Å². The van der Waals surface area contributed by atoms with E-state index in [9.17, 15) is 9.59 Å². The summed E-state index contributed by atoms with van der Waals surface area (Å²) in [6.45, 7) is 8.67. The first-order valence-corrected chi connectivity index (χ1v) is 8.65. The summed E-state index contributed by atoms with van der Waals surface area (Å²) in [6, 6.07) is 1.47. The Morgan fingerprint density at radius 2 is 2.16 bits per heavy atom. The van der Waals surface area contributed by atoms with E-state index >= 15 is 0 Å². The van der Waals surface area contributed by atoms with Crippen molar-refractivity contribution in [3.63, 3.8) is 0 Å². The summed E-state index contributed by atoms with van der Waals surface area (Å²) >= 11 is 6.34. The second kappa shape index (κ2) is 7.91. The van der Waals surface area contributed by atoms with E-state index in [2.05, 4.69) is 10.3 Å². The van der Waals surface area contributed by atoms with Gasteiger partial charge in [0.2, 0.25) is 0 Å². The van der Waals surface area contributed by atoms with Crippen LogP contribution in [0, 0.1) is 0 Å². The van der Waals surface area contributed by atoms with Crippen LogP contribution >= 0.6 is 11.6 Å². The van der Waals surface area contributed by atoms with Crippen LogP contribution in [0.2, 0.25) is 5.02 Å². The summed E-state index contributed by atoms with van der Waals surface area (Å²) in [6.07, 6.45) is 1.82. The first kappa shape index (κ1) is 19.3. The first-order chi connectivity index (χ1) is 11.7. The van der Waals surface area contributed by atoms with Crippen molar-refractivity contribution in [2.75, 3.05) is 24.6 Å². The molecule has 1 amide bonds. The SMILES string of the molecule is CCOC(=O)c1ccnc(N2CC[C@H](NC(=O)OC(C)(C)C)C2)c1Cl. The van der Waals surface area contributed by atoms with E-state index in [1.165, 1.54) is 12.3 Å². The second-order valence-electron chi connectivity index (χ2n) is 6.79. The van der Waals surface area contributed by atoms with Crippen LogP contribution < -0.4 is 10.2 Å². The fraction of sp³-hybridized carbons (Fsp3) is 0.588. The third kappa shape index (κ3) is 5.22. The molecule has 1 N–H and O–H groups in total. The van der Waals surface area contributed by atoms with Gasteiger partial charge < -0.3 is 19.7 Å². The number of amides is 1. The number of ether oxygens (including phenoxy) is 2. The van der Waals surface area contributed by atoms with Crippen molar-refractivity contribution in [2.45, 2.75) is 45.8 Å². The van der Waals surface area contributed by atoms with Crippen LogP contribution in [0.4, 0.5) is 10.6 Å². The van der Waals surface area contributed by atoms with Crippen molar-refractivity contribution in [1.29, 1.82) is 0 Å². The molecule has 138 valence electrons. The Morgan fingerprint density at radius 1 is 1.44 bits per heavy atom. The highest BCUT2D eigenvalue weighted by atomic mass is 35.5. The van der Waals surface area contributed by atoms with Crippen LogP contribution in [-0.2, 0) is 9.47 Å². The van der Waals surface area contributed by atoms with Crippen molar-refractivity contribution >= 4 is 29.5 Å². The van der Waals surface area contributed by atoms with Gasteiger partial charge in [-0.05, 0) is 40.2 Å². The summed E-state index contributed by atoms with van der Waals surface area (Å²) < 4.78 is 10.3. The molecule has 0 aliphatic carbocycles. The molecule has 2 heterocycles. The Morgan fingerprint density at radius 3 is 2.80 bits per heavy atom. The number of nitrogens with zero attached hydrogens (tertiary/aromatic N) is 2. The number of pyridine rings is 1. The molecule has 0 radical (unpaired) electrons. The molecule has 0 spiro atoms. The van der Waals surface area contributed by atoms with Crippen molar-refractivity contribution in [1.82, 2.24) is 10.3 Å². The first-order valence-electron chi connectivity index (χ1n) is 8.27. The van der Waals surface area contributed by atoms with Gasteiger partial charge in [-0.15, -0.1) is 0 Å². The fourth-order valence-electron chi connectivity index (χ4n) is 2.56. The molecule has 0 saturated carbocycles. The quantitative estimate of drug-likeness (QED) is 0.822. The van der Waals surface area contributed by atoms with E-state index in [1.807, 2.05) is 25.7 Å². The second-order valence-corrected chi connectivity index (χ2v) is 7.17. The maximum atomic E-state index is 11.9. The van der Waals surface area contributed by atoms with Crippen LogP contribution in [0.25, 0.3) is 0 Å². The van der Waals surface area contributed by atoms with Crippen molar-refractivity contribution < 1.29 is 19.1 Å². The average Bonchev–Trinajstić information content (AvgIpc) is 2.93. The molecule has 1 aromatic rings. The zero-order valence-electron chi connectivity index (χ0n) is 15.0. The molecule has 1 aromatic heterocycles. The molecule has 0 unspecified atom stereocenters.